The van der Waals surface area contributed by atoms with Gasteiger partial charge in [0.25, 0.3) is 0 Å². The van der Waals surface area contributed by atoms with Gasteiger partial charge < -0.3 is 37.6 Å². The highest BCUT2D eigenvalue weighted by molar-refractivity contribution is 6.74. The van der Waals surface area contributed by atoms with Crippen molar-refractivity contribution < 1.29 is 61.6 Å². The number of benzene rings is 2. The van der Waals surface area contributed by atoms with Crippen molar-refractivity contribution in [2.75, 3.05) is 0 Å². The number of aliphatic hydroxyl groups is 1. The number of carbonyl (C=O) groups excluding carboxylic acids is 5. The minimum Gasteiger partial charge on any atom is -0.458 e. The van der Waals surface area contributed by atoms with Crippen molar-refractivity contribution >= 4 is 46.4 Å². The van der Waals surface area contributed by atoms with Gasteiger partial charge in [-0.2, -0.15) is 0 Å². The molecular formula is C57H83NO13Si2. The molecule has 0 spiro atoms. The Bertz CT molecular complexity index is 2400. The fraction of sp³-hybridized carbons (Fsp3) is 0.667. The van der Waals surface area contributed by atoms with E-state index < -0.39 is 117 Å². The number of Topliss-reactive ketones (excluding diaryl/α,β-unsaturated/α-hetero) is 1. The number of amides is 1. The van der Waals surface area contributed by atoms with Crippen molar-refractivity contribution in [2.45, 2.75) is 219 Å². The number of ether oxygens (including phenoxy) is 5. The summed E-state index contributed by atoms with van der Waals surface area (Å²) in [4.78, 5) is 76.1. The smallest absolute Gasteiger partial charge is 0.412 e. The first-order valence-electron chi connectivity index (χ1n) is 26.9. The van der Waals surface area contributed by atoms with Gasteiger partial charge in [-0.3, -0.25) is 14.5 Å². The van der Waals surface area contributed by atoms with Crippen LogP contribution < -0.4 is 0 Å². The van der Waals surface area contributed by atoms with Crippen molar-refractivity contribution in [3.8, 4) is 0 Å². The van der Waals surface area contributed by atoms with Gasteiger partial charge in [-0.25, -0.2) is 14.4 Å². The zero-order valence-corrected chi connectivity index (χ0v) is 48.1. The third kappa shape index (κ3) is 9.83. The summed E-state index contributed by atoms with van der Waals surface area (Å²) in [5.74, 6) is -3.87. The Balaban J connectivity index is 1.49. The monoisotopic (exact) mass is 1050 g/mol. The number of ketones is 1. The Hall–Kier alpha value is -4.20. The Morgan fingerprint density at radius 1 is 0.808 bits per heavy atom. The molecule has 4 aliphatic carbocycles. The SMILES string of the molecule is CC[Si](CC)(CC)O[C@H]1C(=O)[C@]2(C)[C@@H](O[Si](CC)(CC)CC)CC3C[C@@]3(OC(C)=O)[C@H]2[C@H](OC(=O)c2ccccc2)[C@]2(O)C[C@H](OC(=O)[C@@H]3O[C@H](C)N(C(=O)OC(C)(C)C)[C@H]3c3ccccc3)C(C)=C1C2(C)C. The average Bonchev–Trinajstić information content (AvgIpc) is 3.91. The van der Waals surface area contributed by atoms with E-state index >= 15 is 9.59 Å². The van der Waals surface area contributed by atoms with E-state index in [2.05, 4.69) is 41.5 Å². The van der Waals surface area contributed by atoms with E-state index in [0.717, 1.165) is 18.1 Å². The summed E-state index contributed by atoms with van der Waals surface area (Å²) in [5, 5.41) is 14.5. The standard InChI is InChI=1S/C57H83NO13Si2/c1-16-72(17-2,18-3)70-42-32-40-33-56(40,68-37(9)59)47-49(67-50(61)39-30-26-23-27-31-39)57(64)34-41(35(7)43(54(57,13)14)45(48(60)55(42,47)15)71-73(19-4,20-5)21-6)66-51(62)46-44(38-28-24-22-25-29-38)58(36(8)65-46)52(63)69-53(10,11)12/h22-31,36,40-42,44-47,49,64H,16-21,32-34H2,1-15H3/t36-,40?,41+,42+,44+,45-,46-,47+,49+,55-,56+,57-/m1/s1. The molecular weight excluding hydrogens is 963 g/mol. The summed E-state index contributed by atoms with van der Waals surface area (Å²) < 4.78 is 47.5. The van der Waals surface area contributed by atoms with Crippen LogP contribution >= 0.6 is 0 Å². The van der Waals surface area contributed by atoms with Gasteiger partial charge in [0.1, 0.15) is 47.4 Å². The Morgan fingerprint density at radius 2 is 1.36 bits per heavy atom. The first kappa shape index (κ1) is 56.5. The predicted octanol–water partition coefficient (Wildman–Crippen LogP) is 11.0. The quantitative estimate of drug-likeness (QED) is 0.0729. The molecule has 1 amide bonds. The molecule has 402 valence electrons. The Kier molecular flexibility index (Phi) is 16.1. The predicted molar refractivity (Wildman–Crippen MR) is 281 cm³/mol. The fourth-order valence-corrected chi connectivity index (χ4v) is 19.1. The van der Waals surface area contributed by atoms with Crippen molar-refractivity contribution in [3.63, 3.8) is 0 Å². The van der Waals surface area contributed by atoms with E-state index in [-0.39, 0.29) is 23.7 Å². The molecule has 12 atom stereocenters. The fourth-order valence-electron chi connectivity index (χ4n) is 13.4. The topological polar surface area (TPSA) is 173 Å². The molecule has 1 aliphatic heterocycles. The summed E-state index contributed by atoms with van der Waals surface area (Å²) in [6.07, 6.45) is -7.24. The maximum absolute atomic E-state index is 17.0. The largest absolute Gasteiger partial charge is 0.458 e. The van der Waals surface area contributed by atoms with Crippen LogP contribution in [0.5, 0.6) is 0 Å². The molecule has 2 aromatic carbocycles. The maximum Gasteiger partial charge on any atom is 0.412 e. The highest BCUT2D eigenvalue weighted by Gasteiger charge is 2.81. The molecule has 2 bridgehead atoms. The van der Waals surface area contributed by atoms with Crippen LogP contribution in [0.4, 0.5) is 4.79 Å². The zero-order valence-electron chi connectivity index (χ0n) is 46.1. The van der Waals surface area contributed by atoms with Crippen LogP contribution in [-0.4, -0.2) is 110 Å². The molecule has 1 N–H and O–H groups in total. The van der Waals surface area contributed by atoms with Crippen LogP contribution in [0.1, 0.15) is 145 Å². The van der Waals surface area contributed by atoms with Gasteiger partial charge in [0, 0.05) is 24.7 Å². The molecule has 4 fully saturated rings. The van der Waals surface area contributed by atoms with E-state index in [0.29, 0.717) is 47.7 Å². The van der Waals surface area contributed by atoms with E-state index in [1.807, 2.05) is 58.0 Å². The van der Waals surface area contributed by atoms with Gasteiger partial charge in [0.05, 0.1) is 23.0 Å². The van der Waals surface area contributed by atoms with Crippen LogP contribution in [0.15, 0.2) is 71.8 Å². The first-order valence-corrected chi connectivity index (χ1v) is 32.0. The molecule has 3 saturated carbocycles. The molecule has 1 heterocycles. The van der Waals surface area contributed by atoms with E-state index in [9.17, 15) is 19.5 Å². The summed E-state index contributed by atoms with van der Waals surface area (Å²) in [5.41, 5.74) is -5.54. The summed E-state index contributed by atoms with van der Waals surface area (Å²) in [7, 11) is -5.27. The molecule has 1 unspecified atom stereocenters. The van der Waals surface area contributed by atoms with Gasteiger partial charge in [0.15, 0.2) is 28.5 Å². The van der Waals surface area contributed by atoms with Crippen molar-refractivity contribution in [2.24, 2.45) is 22.7 Å². The number of rotatable bonds is 16. The van der Waals surface area contributed by atoms with Crippen molar-refractivity contribution in [3.05, 3.63) is 82.9 Å². The van der Waals surface area contributed by atoms with Gasteiger partial charge in [-0.1, -0.05) is 104 Å². The average molecular weight is 1050 g/mol. The second-order valence-corrected chi connectivity index (χ2v) is 32.7. The lowest BCUT2D eigenvalue weighted by Gasteiger charge is -2.63. The molecule has 0 radical (unpaired) electrons. The van der Waals surface area contributed by atoms with E-state index in [1.54, 1.807) is 58.0 Å². The van der Waals surface area contributed by atoms with Gasteiger partial charge in [-0.15, -0.1) is 0 Å². The van der Waals surface area contributed by atoms with Crippen LogP contribution in [0.2, 0.25) is 36.3 Å². The van der Waals surface area contributed by atoms with E-state index in [1.165, 1.54) is 11.8 Å². The molecule has 16 heteroatoms. The Labute approximate surface area is 435 Å². The third-order valence-corrected chi connectivity index (χ3v) is 27.4. The lowest BCUT2D eigenvalue weighted by molar-refractivity contribution is -0.244. The molecule has 5 aliphatic rings. The number of nitrogens with zero attached hydrogens (tertiary/aromatic N) is 1. The normalized spacial score (nSPS) is 32.9. The zero-order chi connectivity index (χ0) is 53.9. The number of fused-ring (bicyclic) bond motifs is 5. The number of esters is 3. The minimum absolute atomic E-state index is 0.219. The molecule has 14 nitrogen and oxygen atoms in total. The van der Waals surface area contributed by atoms with Gasteiger partial charge in [0.2, 0.25) is 0 Å². The third-order valence-electron chi connectivity index (χ3n) is 18.2. The van der Waals surface area contributed by atoms with Gasteiger partial charge >= 0.3 is 24.0 Å². The molecule has 1 saturated heterocycles. The summed E-state index contributed by atoms with van der Waals surface area (Å²) in [6, 6.07) is 21.1. The molecule has 0 aromatic heterocycles. The van der Waals surface area contributed by atoms with Crippen molar-refractivity contribution in [1.82, 2.24) is 4.90 Å². The molecule has 7 rings (SSSR count). The van der Waals surface area contributed by atoms with Gasteiger partial charge in [-0.05, 0) is 119 Å². The Morgan fingerprint density at radius 3 is 1.89 bits per heavy atom. The number of hydrogen-bond donors (Lipinski definition) is 1. The number of hydrogen-bond acceptors (Lipinski definition) is 13. The minimum atomic E-state index is -2.76. The van der Waals surface area contributed by atoms with Crippen LogP contribution in [0.3, 0.4) is 0 Å². The first-order chi connectivity index (χ1) is 34.2. The van der Waals surface area contributed by atoms with Crippen LogP contribution in [0, 0.1) is 22.7 Å². The lowest BCUT2D eigenvalue weighted by Crippen LogP contribution is -2.74. The lowest BCUT2D eigenvalue weighted by atomic mass is 9.47. The van der Waals surface area contributed by atoms with Crippen molar-refractivity contribution in [1.29, 1.82) is 0 Å². The van der Waals surface area contributed by atoms with E-state index in [4.69, 9.17) is 32.5 Å². The van der Waals surface area contributed by atoms with Crippen LogP contribution in [-0.2, 0) is 46.9 Å². The highest BCUT2D eigenvalue weighted by atomic mass is 28.4. The highest BCUT2D eigenvalue weighted by Crippen LogP contribution is 2.71. The molecule has 73 heavy (non-hydrogen) atoms. The summed E-state index contributed by atoms with van der Waals surface area (Å²) >= 11 is 0. The van der Waals surface area contributed by atoms with Crippen LogP contribution in [0.25, 0.3) is 0 Å². The summed E-state index contributed by atoms with van der Waals surface area (Å²) in [6.45, 7) is 28.4. The second-order valence-electron chi connectivity index (χ2n) is 23.3. The molecule has 2 aromatic rings. The number of carbonyl (C=O) groups is 5. The maximum atomic E-state index is 17.0. The second kappa shape index (κ2) is 20.7.